The first-order chi connectivity index (χ1) is 13.3. The van der Waals surface area contributed by atoms with Gasteiger partial charge in [-0.3, -0.25) is 24.0 Å². The molecule has 1 N–H and O–H groups in total. The molecule has 0 amide bonds. The zero-order valence-corrected chi connectivity index (χ0v) is 14.8. The molecule has 0 aliphatic rings. The Morgan fingerprint density at radius 3 is 2.07 bits per heavy atom. The lowest BCUT2D eigenvalue weighted by Gasteiger charge is -2.07. The number of nitrogens with zero attached hydrogens (tertiary/aromatic N) is 2. The van der Waals surface area contributed by atoms with Crippen LogP contribution in [0.25, 0.3) is 16.5 Å². The van der Waals surface area contributed by atoms with Crippen LogP contribution in [0.4, 0.5) is 23.2 Å². The number of hydrogen-bond acceptors (Lipinski definition) is 5. The third-order valence-electron chi connectivity index (χ3n) is 3.50. The van der Waals surface area contributed by atoms with Gasteiger partial charge in [0, 0.05) is 24.0 Å². The Bertz CT molecular complexity index is 1220. The number of pyridine rings is 1. The summed E-state index contributed by atoms with van der Waals surface area (Å²) in [5.41, 5.74) is -5.48. The van der Waals surface area contributed by atoms with Crippen molar-refractivity contribution in [2.75, 3.05) is 0 Å². The maximum Gasteiger partial charge on any atom is 0.522 e. The second-order valence-corrected chi connectivity index (χ2v) is 6.83. The number of nitro groups is 1. The first-order valence-electron chi connectivity index (χ1n) is 7.41. The van der Waals surface area contributed by atoms with Gasteiger partial charge in [0.05, 0.1) is 10.3 Å². The predicted octanol–water partition coefficient (Wildman–Crippen LogP) is 3.43. The van der Waals surface area contributed by atoms with Crippen molar-refractivity contribution in [3.05, 3.63) is 81.0 Å². The van der Waals surface area contributed by atoms with Gasteiger partial charge in [0.15, 0.2) is 0 Å². The topological polar surface area (TPSA) is 120 Å². The Labute approximate surface area is 159 Å². The molecule has 0 radical (unpaired) electrons. The van der Waals surface area contributed by atoms with Crippen LogP contribution in [0.5, 0.6) is 0 Å². The summed E-state index contributed by atoms with van der Waals surface area (Å²) in [6.45, 7) is 0. The summed E-state index contributed by atoms with van der Waals surface area (Å²) in [7, 11) is -5.84. The Kier molecular flexibility index (Phi) is 6.04. The number of aromatic nitrogens is 1. The van der Waals surface area contributed by atoms with Crippen molar-refractivity contribution in [2.24, 2.45) is 0 Å². The van der Waals surface area contributed by atoms with Crippen molar-refractivity contribution in [1.82, 2.24) is 4.57 Å². The summed E-state index contributed by atoms with van der Waals surface area (Å²) in [4.78, 5) is 22.5. The van der Waals surface area contributed by atoms with E-state index < -0.39 is 26.4 Å². The highest BCUT2D eigenvalue weighted by Gasteiger charge is 2.44. The molecule has 2 aromatic carbocycles. The minimum atomic E-state index is -5.84. The molecule has 0 saturated carbocycles. The van der Waals surface area contributed by atoms with E-state index in [0.29, 0.717) is 11.1 Å². The van der Waals surface area contributed by atoms with E-state index in [1.807, 2.05) is 0 Å². The van der Waals surface area contributed by atoms with Gasteiger partial charge in [-0.05, 0) is 35.7 Å². The summed E-state index contributed by atoms with van der Waals surface area (Å²) >= 11 is 0. The molecule has 0 atom stereocenters. The summed E-state index contributed by atoms with van der Waals surface area (Å²) in [6.07, 6.45) is 1.56. The number of nitro benzene ring substituents is 1. The molecule has 0 bridgehead atoms. The van der Waals surface area contributed by atoms with Gasteiger partial charge < -0.3 is 0 Å². The molecule has 1 heterocycles. The zero-order chi connectivity index (χ0) is 22.0. The minimum Gasteiger partial charge on any atom is -0.284 e. The molecule has 13 heteroatoms. The van der Waals surface area contributed by atoms with E-state index in [-0.39, 0.29) is 16.6 Å². The van der Waals surface area contributed by atoms with Crippen LogP contribution in [0.2, 0.25) is 0 Å². The van der Waals surface area contributed by atoms with Gasteiger partial charge in [0.2, 0.25) is 0 Å². The fraction of sp³-hybridized carbons (Fsp3) is 0.0625. The van der Waals surface area contributed by atoms with Gasteiger partial charge >= 0.3 is 15.6 Å². The van der Waals surface area contributed by atoms with Crippen LogP contribution in [0.15, 0.2) is 59.5 Å². The van der Waals surface area contributed by atoms with Crippen molar-refractivity contribution < 1.29 is 35.5 Å². The van der Waals surface area contributed by atoms with Crippen LogP contribution < -0.4 is 5.56 Å². The van der Waals surface area contributed by atoms with Gasteiger partial charge in [-0.1, -0.05) is 6.07 Å². The molecule has 3 aromatic rings. The number of non-ortho nitro benzene ring substituents is 1. The van der Waals surface area contributed by atoms with Crippen molar-refractivity contribution >= 4 is 26.6 Å². The van der Waals surface area contributed by atoms with E-state index in [0.717, 1.165) is 0 Å². The van der Waals surface area contributed by atoms with Crippen LogP contribution in [0, 0.1) is 15.9 Å². The standard InChI is InChI=1S/C15H9FN2O3.CHF3O3S/c16-11-2-1-10-7-8-17(15(19)14(10)9-11)12-3-5-13(6-4-12)18(20)21;2-1(3,4)8(5,6)7/h1-9H;(H,5,6,7). The van der Waals surface area contributed by atoms with E-state index in [9.17, 15) is 32.5 Å². The fourth-order valence-electron chi connectivity index (χ4n) is 2.15. The van der Waals surface area contributed by atoms with Crippen LogP contribution >= 0.6 is 0 Å². The average molecular weight is 434 g/mol. The van der Waals surface area contributed by atoms with E-state index in [1.54, 1.807) is 12.3 Å². The predicted molar refractivity (Wildman–Crippen MR) is 93.8 cm³/mol. The molecule has 3 rings (SSSR count). The van der Waals surface area contributed by atoms with E-state index in [1.165, 1.54) is 47.0 Å². The molecule has 0 saturated heterocycles. The minimum absolute atomic E-state index is 0.0568. The molecule has 0 spiro atoms. The molecule has 0 aliphatic carbocycles. The highest BCUT2D eigenvalue weighted by Crippen LogP contribution is 2.20. The number of benzene rings is 2. The summed E-state index contributed by atoms with van der Waals surface area (Å²) in [5.74, 6) is -0.485. The normalized spacial score (nSPS) is 11.6. The molecular formula is C16H10F4N2O6S. The average Bonchev–Trinajstić information content (AvgIpc) is 2.61. The van der Waals surface area contributed by atoms with Crippen LogP contribution in [0.3, 0.4) is 0 Å². The second kappa shape index (κ2) is 7.97. The van der Waals surface area contributed by atoms with Crippen molar-refractivity contribution in [1.29, 1.82) is 0 Å². The lowest BCUT2D eigenvalue weighted by atomic mass is 10.1. The molecule has 0 aliphatic heterocycles. The summed E-state index contributed by atoms with van der Waals surface area (Å²) in [5, 5.41) is 11.5. The number of alkyl halides is 3. The SMILES string of the molecule is O=S(=O)(O)C(F)(F)F.O=c1c2cc(F)ccc2ccn1-c1ccc([N+](=O)[O-])cc1. The summed E-state index contributed by atoms with van der Waals surface area (Å²) in [6, 6.07) is 11.3. The Morgan fingerprint density at radius 1 is 1.03 bits per heavy atom. The van der Waals surface area contributed by atoms with E-state index in [2.05, 4.69) is 0 Å². The lowest BCUT2D eigenvalue weighted by Crippen LogP contribution is -2.21. The number of fused-ring (bicyclic) bond motifs is 1. The smallest absolute Gasteiger partial charge is 0.284 e. The lowest BCUT2D eigenvalue weighted by molar-refractivity contribution is -0.384. The molecule has 1 aromatic heterocycles. The fourth-order valence-corrected chi connectivity index (χ4v) is 2.15. The highest BCUT2D eigenvalue weighted by molar-refractivity contribution is 7.86. The van der Waals surface area contributed by atoms with E-state index >= 15 is 0 Å². The van der Waals surface area contributed by atoms with Crippen LogP contribution in [0.1, 0.15) is 0 Å². The first kappa shape index (κ1) is 22.0. The largest absolute Gasteiger partial charge is 0.522 e. The maximum atomic E-state index is 13.3. The van der Waals surface area contributed by atoms with Gasteiger partial charge in [0.25, 0.3) is 11.2 Å². The van der Waals surface area contributed by atoms with Crippen molar-refractivity contribution in [3.63, 3.8) is 0 Å². The monoisotopic (exact) mass is 434 g/mol. The quantitative estimate of drug-likeness (QED) is 0.217. The summed E-state index contributed by atoms with van der Waals surface area (Å²) < 4.78 is 72.1. The Morgan fingerprint density at radius 2 is 1.59 bits per heavy atom. The van der Waals surface area contributed by atoms with Crippen molar-refractivity contribution in [2.45, 2.75) is 5.51 Å². The molecule has 0 unspecified atom stereocenters. The second-order valence-electron chi connectivity index (χ2n) is 5.42. The first-order valence-corrected chi connectivity index (χ1v) is 8.85. The highest BCUT2D eigenvalue weighted by atomic mass is 32.2. The van der Waals surface area contributed by atoms with Gasteiger partial charge in [-0.25, -0.2) is 4.39 Å². The zero-order valence-electron chi connectivity index (χ0n) is 14.0. The third-order valence-corrected chi connectivity index (χ3v) is 4.08. The maximum absolute atomic E-state index is 13.3. The molecule has 0 fully saturated rings. The Balaban J connectivity index is 0.000000321. The van der Waals surface area contributed by atoms with E-state index in [4.69, 9.17) is 13.0 Å². The number of hydrogen-bond donors (Lipinski definition) is 1. The molecule has 154 valence electrons. The van der Waals surface area contributed by atoms with Gasteiger partial charge in [-0.15, -0.1) is 0 Å². The number of rotatable bonds is 2. The van der Waals surface area contributed by atoms with Crippen LogP contribution in [-0.4, -0.2) is 28.0 Å². The van der Waals surface area contributed by atoms with Crippen molar-refractivity contribution in [3.8, 4) is 5.69 Å². The van der Waals surface area contributed by atoms with Gasteiger partial charge in [0.1, 0.15) is 5.82 Å². The van der Waals surface area contributed by atoms with Gasteiger partial charge in [-0.2, -0.15) is 21.6 Å². The third kappa shape index (κ3) is 5.14. The van der Waals surface area contributed by atoms with Crippen LogP contribution in [-0.2, 0) is 10.1 Å². The number of halogens is 4. The molecular weight excluding hydrogens is 424 g/mol. The Hall–Kier alpha value is -3.32. The molecule has 8 nitrogen and oxygen atoms in total. The molecule has 29 heavy (non-hydrogen) atoms.